The molecule has 0 aliphatic carbocycles. The van der Waals surface area contributed by atoms with Crippen LogP contribution in [0.2, 0.25) is 0 Å². The Bertz CT molecular complexity index is 919. The highest BCUT2D eigenvalue weighted by Crippen LogP contribution is 2.31. The van der Waals surface area contributed by atoms with Crippen LogP contribution in [0.25, 0.3) is 0 Å². The topological polar surface area (TPSA) is 69.1 Å². The fourth-order valence-electron chi connectivity index (χ4n) is 4.16. The quantitative estimate of drug-likeness (QED) is 0.297. The van der Waals surface area contributed by atoms with Gasteiger partial charge in [0.15, 0.2) is 5.96 Å². The van der Waals surface area contributed by atoms with Gasteiger partial charge in [0, 0.05) is 31.6 Å². The van der Waals surface area contributed by atoms with Crippen LogP contribution in [0, 0.1) is 5.82 Å². The van der Waals surface area contributed by atoms with E-state index < -0.39 is 0 Å². The first-order chi connectivity index (χ1) is 15.1. The van der Waals surface area contributed by atoms with E-state index in [-0.39, 0.29) is 41.9 Å². The van der Waals surface area contributed by atoms with Crippen molar-refractivity contribution in [3.63, 3.8) is 0 Å². The van der Waals surface area contributed by atoms with Gasteiger partial charge in [-0.3, -0.25) is 0 Å². The van der Waals surface area contributed by atoms with Crippen LogP contribution in [0.3, 0.4) is 0 Å². The van der Waals surface area contributed by atoms with Crippen molar-refractivity contribution in [2.45, 2.75) is 44.9 Å². The minimum atomic E-state index is -0.271. The summed E-state index contributed by atoms with van der Waals surface area (Å²) >= 11 is 0. The van der Waals surface area contributed by atoms with E-state index in [9.17, 15) is 9.50 Å². The van der Waals surface area contributed by atoms with Crippen LogP contribution in [-0.2, 0) is 6.54 Å². The van der Waals surface area contributed by atoms with Gasteiger partial charge in [-0.1, -0.05) is 24.3 Å². The smallest absolute Gasteiger partial charge is 0.192 e. The van der Waals surface area contributed by atoms with Gasteiger partial charge in [0.25, 0.3) is 0 Å². The fraction of sp³-hybridized carbons (Fsp3) is 0.458. The van der Waals surface area contributed by atoms with Crippen molar-refractivity contribution in [2.24, 2.45) is 4.99 Å². The van der Waals surface area contributed by atoms with E-state index in [1.807, 2.05) is 42.2 Å². The number of guanidine groups is 1. The van der Waals surface area contributed by atoms with Crippen molar-refractivity contribution in [1.82, 2.24) is 10.6 Å². The van der Waals surface area contributed by atoms with Gasteiger partial charge in [0.1, 0.15) is 11.6 Å². The fourth-order valence-corrected chi connectivity index (χ4v) is 4.16. The standard InChI is InChI=1S/C24H31FN4O2.HI/c1-2-26-24(28-21-11-14-31-23-6-4-3-5-19(21)23)27-16-17-7-8-22(20(25)15-17)29-12-9-18(30)10-13-29;/h3-8,15,18,21,30H,2,9-14,16H2,1H3,(H2,26,27,28);1H. The third-order valence-corrected chi connectivity index (χ3v) is 5.85. The molecule has 32 heavy (non-hydrogen) atoms. The Balaban J connectivity index is 0.00000289. The van der Waals surface area contributed by atoms with Crippen molar-refractivity contribution in [3.8, 4) is 5.75 Å². The molecule has 2 aliphatic rings. The Hall–Kier alpha value is -2.07. The van der Waals surface area contributed by atoms with Crippen molar-refractivity contribution >= 4 is 35.6 Å². The zero-order valence-corrected chi connectivity index (χ0v) is 20.7. The van der Waals surface area contributed by atoms with Crippen LogP contribution >= 0.6 is 24.0 Å². The minimum absolute atomic E-state index is 0. The second-order valence-electron chi connectivity index (χ2n) is 8.07. The van der Waals surface area contributed by atoms with Crippen LogP contribution in [-0.4, -0.2) is 43.4 Å². The lowest BCUT2D eigenvalue weighted by molar-refractivity contribution is 0.145. The Morgan fingerprint density at radius 2 is 1.97 bits per heavy atom. The van der Waals surface area contributed by atoms with Gasteiger partial charge in [-0.15, -0.1) is 24.0 Å². The van der Waals surface area contributed by atoms with Gasteiger partial charge in [0.2, 0.25) is 0 Å². The number of aliphatic hydroxyl groups excluding tert-OH is 1. The Labute approximate surface area is 206 Å². The molecule has 1 saturated heterocycles. The van der Waals surface area contributed by atoms with Gasteiger partial charge in [0.05, 0.1) is 31.0 Å². The van der Waals surface area contributed by atoms with Gasteiger partial charge in [-0.05, 0) is 43.5 Å². The maximum atomic E-state index is 14.7. The van der Waals surface area contributed by atoms with E-state index in [1.165, 1.54) is 0 Å². The number of hydrogen-bond acceptors (Lipinski definition) is 4. The normalized spacial score (nSPS) is 18.9. The Morgan fingerprint density at radius 3 is 2.72 bits per heavy atom. The second kappa shape index (κ2) is 11.7. The largest absolute Gasteiger partial charge is 0.493 e. The van der Waals surface area contributed by atoms with Gasteiger partial charge < -0.3 is 25.4 Å². The third kappa shape index (κ3) is 6.04. The van der Waals surface area contributed by atoms with Crippen molar-refractivity contribution in [3.05, 3.63) is 59.4 Å². The number of anilines is 1. The average molecular weight is 554 g/mol. The zero-order valence-electron chi connectivity index (χ0n) is 18.4. The summed E-state index contributed by atoms with van der Waals surface area (Å²) in [6, 6.07) is 13.5. The van der Waals surface area contributed by atoms with Crippen LogP contribution < -0.4 is 20.3 Å². The molecule has 3 N–H and O–H groups in total. The molecule has 0 spiro atoms. The molecule has 2 aromatic rings. The number of benzene rings is 2. The van der Waals surface area contributed by atoms with Crippen molar-refractivity contribution in [1.29, 1.82) is 0 Å². The van der Waals surface area contributed by atoms with E-state index in [1.54, 1.807) is 6.07 Å². The number of nitrogens with one attached hydrogen (secondary N) is 2. The monoisotopic (exact) mass is 554 g/mol. The summed E-state index contributed by atoms with van der Waals surface area (Å²) < 4.78 is 20.5. The molecular formula is C24H32FIN4O2. The Kier molecular flexibility index (Phi) is 8.98. The summed E-state index contributed by atoms with van der Waals surface area (Å²) in [5.74, 6) is 1.38. The second-order valence-corrected chi connectivity index (χ2v) is 8.07. The van der Waals surface area contributed by atoms with E-state index in [0.29, 0.717) is 50.7 Å². The van der Waals surface area contributed by atoms with Gasteiger partial charge in [-0.2, -0.15) is 0 Å². The lowest BCUT2D eigenvalue weighted by Crippen LogP contribution is -2.41. The summed E-state index contributed by atoms with van der Waals surface area (Å²) in [5, 5.41) is 16.5. The lowest BCUT2D eigenvalue weighted by atomic mass is 10.0. The number of halogens is 2. The first-order valence-corrected chi connectivity index (χ1v) is 11.1. The molecular weight excluding hydrogens is 522 g/mol. The highest BCUT2D eigenvalue weighted by Gasteiger charge is 2.22. The molecule has 1 fully saturated rings. The number of piperidine rings is 1. The van der Waals surface area contributed by atoms with E-state index in [2.05, 4.69) is 21.7 Å². The van der Waals surface area contributed by atoms with Gasteiger partial charge in [-0.25, -0.2) is 9.38 Å². The Morgan fingerprint density at radius 1 is 1.19 bits per heavy atom. The van der Waals surface area contributed by atoms with E-state index in [0.717, 1.165) is 29.8 Å². The van der Waals surface area contributed by atoms with Gasteiger partial charge >= 0.3 is 0 Å². The number of hydrogen-bond donors (Lipinski definition) is 3. The molecule has 2 heterocycles. The SMILES string of the molecule is CCNC(=NCc1ccc(N2CCC(O)CC2)c(F)c1)NC1CCOc2ccccc21.I. The van der Waals surface area contributed by atoms with Crippen LogP contribution in [0.5, 0.6) is 5.75 Å². The number of ether oxygens (including phenoxy) is 1. The lowest BCUT2D eigenvalue weighted by Gasteiger charge is -2.31. The molecule has 0 saturated carbocycles. The van der Waals surface area contributed by atoms with E-state index >= 15 is 0 Å². The predicted molar refractivity (Wildman–Crippen MR) is 137 cm³/mol. The van der Waals surface area contributed by atoms with Crippen LogP contribution in [0.15, 0.2) is 47.5 Å². The number of fused-ring (bicyclic) bond motifs is 1. The molecule has 2 aromatic carbocycles. The molecule has 0 amide bonds. The summed E-state index contributed by atoms with van der Waals surface area (Å²) in [5.41, 5.74) is 2.55. The molecule has 0 aromatic heterocycles. The highest BCUT2D eigenvalue weighted by molar-refractivity contribution is 14.0. The summed E-state index contributed by atoms with van der Waals surface area (Å²) in [6.45, 7) is 5.17. The maximum absolute atomic E-state index is 14.7. The minimum Gasteiger partial charge on any atom is -0.493 e. The predicted octanol–water partition coefficient (Wildman–Crippen LogP) is 3.98. The van der Waals surface area contributed by atoms with Crippen molar-refractivity contribution < 1.29 is 14.2 Å². The van der Waals surface area contributed by atoms with E-state index in [4.69, 9.17) is 4.74 Å². The zero-order chi connectivity index (χ0) is 21.6. The highest BCUT2D eigenvalue weighted by atomic mass is 127. The van der Waals surface area contributed by atoms with Crippen LogP contribution in [0.4, 0.5) is 10.1 Å². The molecule has 1 atom stereocenters. The number of aliphatic imine (C=N–C) groups is 1. The third-order valence-electron chi connectivity index (χ3n) is 5.85. The molecule has 0 bridgehead atoms. The number of nitrogens with zero attached hydrogens (tertiary/aromatic N) is 2. The molecule has 2 aliphatic heterocycles. The summed E-state index contributed by atoms with van der Waals surface area (Å²) in [4.78, 5) is 6.69. The molecule has 0 radical (unpaired) electrons. The molecule has 1 unspecified atom stereocenters. The number of para-hydroxylation sites is 1. The van der Waals surface area contributed by atoms with Crippen molar-refractivity contribution in [2.75, 3.05) is 31.1 Å². The number of rotatable bonds is 5. The first-order valence-electron chi connectivity index (χ1n) is 11.1. The first kappa shape index (κ1) is 24.6. The molecule has 8 heteroatoms. The maximum Gasteiger partial charge on any atom is 0.192 e. The number of aliphatic hydroxyl groups is 1. The molecule has 4 rings (SSSR count). The summed E-state index contributed by atoms with van der Waals surface area (Å²) in [6.07, 6.45) is 1.94. The molecule has 6 nitrogen and oxygen atoms in total. The average Bonchev–Trinajstić information content (AvgIpc) is 2.79. The van der Waals surface area contributed by atoms with Crippen LogP contribution in [0.1, 0.15) is 43.4 Å². The molecule has 174 valence electrons. The summed E-state index contributed by atoms with van der Waals surface area (Å²) in [7, 11) is 0.